The molecule has 1 aliphatic rings. The van der Waals surface area contributed by atoms with Gasteiger partial charge in [0.05, 0.1) is 0 Å². The zero-order valence-electron chi connectivity index (χ0n) is 11.7. The van der Waals surface area contributed by atoms with Crippen molar-refractivity contribution < 1.29 is 0 Å². The summed E-state index contributed by atoms with van der Waals surface area (Å²) in [5.74, 6) is 1.23. The Morgan fingerprint density at radius 1 is 1.22 bits per heavy atom. The third-order valence-electron chi connectivity index (χ3n) is 3.52. The van der Waals surface area contributed by atoms with Gasteiger partial charge in [-0.15, -0.1) is 0 Å². The second kappa shape index (κ2) is 5.98. The SMILES string of the molecule is CNCc1ccc(N2CCSC(C)(C)CC2)cc1. The molecule has 0 aliphatic carbocycles. The van der Waals surface area contributed by atoms with E-state index in [0.29, 0.717) is 4.75 Å². The van der Waals surface area contributed by atoms with Gasteiger partial charge in [-0.1, -0.05) is 26.0 Å². The molecule has 0 saturated carbocycles. The molecule has 0 spiro atoms. The summed E-state index contributed by atoms with van der Waals surface area (Å²) in [6, 6.07) is 8.98. The van der Waals surface area contributed by atoms with Gasteiger partial charge in [0, 0.05) is 35.8 Å². The lowest BCUT2D eigenvalue weighted by atomic mass is 10.1. The highest BCUT2D eigenvalue weighted by Gasteiger charge is 2.23. The Kier molecular flexibility index (Phi) is 4.57. The maximum Gasteiger partial charge on any atom is 0.0366 e. The number of rotatable bonds is 3. The van der Waals surface area contributed by atoms with Gasteiger partial charge in [-0.2, -0.15) is 11.8 Å². The fourth-order valence-electron chi connectivity index (χ4n) is 2.31. The van der Waals surface area contributed by atoms with Gasteiger partial charge in [-0.25, -0.2) is 0 Å². The van der Waals surface area contributed by atoms with Gasteiger partial charge in [0.25, 0.3) is 0 Å². The minimum Gasteiger partial charge on any atom is -0.371 e. The standard InChI is InChI=1S/C15H24N2S/c1-15(2)8-9-17(10-11-18-15)14-6-4-13(5-7-14)12-16-3/h4-7,16H,8-12H2,1-3H3. The first-order valence-corrected chi connectivity index (χ1v) is 7.72. The van der Waals surface area contributed by atoms with Crippen LogP contribution in [0.15, 0.2) is 24.3 Å². The van der Waals surface area contributed by atoms with Gasteiger partial charge >= 0.3 is 0 Å². The van der Waals surface area contributed by atoms with Gasteiger partial charge in [0.1, 0.15) is 0 Å². The molecule has 1 aromatic rings. The predicted octanol–water partition coefficient (Wildman–Crippen LogP) is 3.13. The van der Waals surface area contributed by atoms with Crippen LogP contribution < -0.4 is 10.2 Å². The molecule has 100 valence electrons. The molecule has 3 heteroatoms. The molecule has 1 saturated heterocycles. The molecule has 0 atom stereocenters. The van der Waals surface area contributed by atoms with E-state index >= 15 is 0 Å². The molecule has 0 unspecified atom stereocenters. The van der Waals surface area contributed by atoms with Crippen LogP contribution in [0, 0.1) is 0 Å². The third-order valence-corrected chi connectivity index (χ3v) is 4.89. The number of thioether (sulfide) groups is 1. The van der Waals surface area contributed by atoms with Crippen LogP contribution in [0.3, 0.4) is 0 Å². The van der Waals surface area contributed by atoms with Crippen LogP contribution in [0.4, 0.5) is 5.69 Å². The summed E-state index contributed by atoms with van der Waals surface area (Å²) in [4.78, 5) is 2.52. The van der Waals surface area contributed by atoms with E-state index in [4.69, 9.17) is 0 Å². The summed E-state index contributed by atoms with van der Waals surface area (Å²) in [6.07, 6.45) is 1.26. The smallest absolute Gasteiger partial charge is 0.0366 e. The van der Waals surface area contributed by atoms with E-state index in [1.54, 1.807) is 0 Å². The molecule has 1 heterocycles. The van der Waals surface area contributed by atoms with Crippen molar-refractivity contribution in [3.8, 4) is 0 Å². The molecular formula is C15H24N2S. The van der Waals surface area contributed by atoms with Crippen LogP contribution in [0.2, 0.25) is 0 Å². The Balaban J connectivity index is 2.02. The van der Waals surface area contributed by atoms with Crippen LogP contribution in [0.5, 0.6) is 0 Å². The second-order valence-electron chi connectivity index (χ2n) is 5.54. The number of nitrogens with one attached hydrogen (secondary N) is 1. The summed E-state index contributed by atoms with van der Waals surface area (Å²) in [5.41, 5.74) is 2.72. The second-order valence-corrected chi connectivity index (χ2v) is 7.34. The van der Waals surface area contributed by atoms with Gasteiger partial charge in [-0.3, -0.25) is 0 Å². The Labute approximate surface area is 115 Å². The highest BCUT2D eigenvalue weighted by atomic mass is 32.2. The topological polar surface area (TPSA) is 15.3 Å². The zero-order chi connectivity index (χ0) is 13.0. The maximum atomic E-state index is 3.19. The van der Waals surface area contributed by atoms with Crippen molar-refractivity contribution in [3.63, 3.8) is 0 Å². The Hall–Kier alpha value is -0.670. The summed E-state index contributed by atoms with van der Waals surface area (Å²) < 4.78 is 0.431. The summed E-state index contributed by atoms with van der Waals surface area (Å²) >= 11 is 2.10. The molecule has 0 radical (unpaired) electrons. The first kappa shape index (κ1) is 13.8. The molecule has 0 aromatic heterocycles. The number of benzene rings is 1. The van der Waals surface area contributed by atoms with Gasteiger partial charge in [0.15, 0.2) is 0 Å². The van der Waals surface area contributed by atoms with Crippen LogP contribution in [-0.4, -0.2) is 30.6 Å². The van der Waals surface area contributed by atoms with Crippen molar-refractivity contribution in [3.05, 3.63) is 29.8 Å². The lowest BCUT2D eigenvalue weighted by Gasteiger charge is -2.24. The monoisotopic (exact) mass is 264 g/mol. The average molecular weight is 264 g/mol. The van der Waals surface area contributed by atoms with E-state index in [2.05, 4.69) is 60.1 Å². The number of anilines is 1. The fourth-order valence-corrected chi connectivity index (χ4v) is 3.41. The van der Waals surface area contributed by atoms with Crippen molar-refractivity contribution in [2.75, 3.05) is 30.8 Å². The molecule has 0 bridgehead atoms. The third kappa shape index (κ3) is 3.66. The van der Waals surface area contributed by atoms with E-state index in [9.17, 15) is 0 Å². The van der Waals surface area contributed by atoms with Crippen LogP contribution >= 0.6 is 11.8 Å². The molecule has 18 heavy (non-hydrogen) atoms. The maximum absolute atomic E-state index is 3.19. The highest BCUT2D eigenvalue weighted by molar-refractivity contribution is 8.00. The van der Waals surface area contributed by atoms with Crippen molar-refractivity contribution in [2.45, 2.75) is 31.6 Å². The van der Waals surface area contributed by atoms with E-state index in [1.807, 2.05) is 7.05 Å². The minimum absolute atomic E-state index is 0.431. The molecule has 0 amide bonds. The summed E-state index contributed by atoms with van der Waals surface area (Å²) in [6.45, 7) is 8.00. The van der Waals surface area contributed by atoms with Gasteiger partial charge < -0.3 is 10.2 Å². The average Bonchev–Trinajstić information content (AvgIpc) is 2.52. The predicted molar refractivity (Wildman–Crippen MR) is 82.6 cm³/mol. The Morgan fingerprint density at radius 3 is 2.61 bits per heavy atom. The number of hydrogen-bond acceptors (Lipinski definition) is 3. The zero-order valence-corrected chi connectivity index (χ0v) is 12.5. The van der Waals surface area contributed by atoms with E-state index in [-0.39, 0.29) is 0 Å². The first-order valence-electron chi connectivity index (χ1n) is 6.73. The number of hydrogen-bond donors (Lipinski definition) is 1. The molecule has 1 aliphatic heterocycles. The molecule has 1 aromatic carbocycles. The first-order chi connectivity index (χ1) is 8.61. The largest absolute Gasteiger partial charge is 0.371 e. The highest BCUT2D eigenvalue weighted by Crippen LogP contribution is 2.32. The van der Waals surface area contributed by atoms with Gasteiger partial charge in [-0.05, 0) is 31.2 Å². The lowest BCUT2D eigenvalue weighted by molar-refractivity contribution is 0.637. The Morgan fingerprint density at radius 2 is 1.94 bits per heavy atom. The molecule has 2 rings (SSSR count). The van der Waals surface area contributed by atoms with E-state index in [1.165, 1.54) is 36.5 Å². The van der Waals surface area contributed by atoms with Crippen LogP contribution in [0.1, 0.15) is 25.8 Å². The van der Waals surface area contributed by atoms with Crippen molar-refractivity contribution >= 4 is 17.4 Å². The van der Waals surface area contributed by atoms with E-state index < -0.39 is 0 Å². The van der Waals surface area contributed by atoms with Gasteiger partial charge in [0.2, 0.25) is 0 Å². The summed E-state index contributed by atoms with van der Waals surface area (Å²) in [5, 5.41) is 3.19. The quantitative estimate of drug-likeness (QED) is 0.903. The molecule has 1 fully saturated rings. The van der Waals surface area contributed by atoms with Crippen molar-refractivity contribution in [1.29, 1.82) is 0 Å². The van der Waals surface area contributed by atoms with Crippen LogP contribution in [-0.2, 0) is 6.54 Å². The molecular weight excluding hydrogens is 240 g/mol. The van der Waals surface area contributed by atoms with Crippen molar-refractivity contribution in [1.82, 2.24) is 5.32 Å². The minimum atomic E-state index is 0.431. The molecule has 1 N–H and O–H groups in total. The van der Waals surface area contributed by atoms with Crippen molar-refractivity contribution in [2.24, 2.45) is 0 Å². The lowest BCUT2D eigenvalue weighted by Crippen LogP contribution is -2.26. The summed E-state index contributed by atoms with van der Waals surface area (Å²) in [7, 11) is 1.99. The van der Waals surface area contributed by atoms with E-state index in [0.717, 1.165) is 6.54 Å². The fraction of sp³-hybridized carbons (Fsp3) is 0.600. The Bertz CT molecular complexity index is 373. The molecule has 2 nitrogen and oxygen atoms in total. The normalized spacial score (nSPS) is 19.6. The van der Waals surface area contributed by atoms with Crippen LogP contribution in [0.25, 0.3) is 0 Å². The number of nitrogens with zero attached hydrogens (tertiary/aromatic N) is 1.